The molecule has 1 heterocycles. The predicted octanol–water partition coefficient (Wildman–Crippen LogP) is 4.07. The molecule has 0 aliphatic carbocycles. The van der Waals surface area contributed by atoms with E-state index < -0.39 is 9.84 Å². The van der Waals surface area contributed by atoms with Gasteiger partial charge in [-0.05, 0) is 44.5 Å². The molecule has 164 valence electrons. The van der Waals surface area contributed by atoms with E-state index >= 15 is 0 Å². The molecular weight excluding hydrogens is 513 g/mol. The molecule has 8 heteroatoms. The van der Waals surface area contributed by atoms with E-state index in [0.29, 0.717) is 11.4 Å². The van der Waals surface area contributed by atoms with Crippen molar-refractivity contribution in [1.82, 2.24) is 10.6 Å². The highest BCUT2D eigenvalue weighted by molar-refractivity contribution is 14.0. The number of guanidine groups is 1. The van der Waals surface area contributed by atoms with Crippen LogP contribution in [0.4, 0.5) is 0 Å². The Kier molecular flexibility index (Phi) is 8.15. The fraction of sp³-hybridized carbons (Fsp3) is 0.409. The predicted molar refractivity (Wildman–Crippen MR) is 131 cm³/mol. The van der Waals surface area contributed by atoms with Crippen LogP contribution < -0.4 is 15.4 Å². The van der Waals surface area contributed by atoms with Crippen molar-refractivity contribution >= 4 is 39.8 Å². The molecule has 1 atom stereocenters. The second kappa shape index (κ2) is 10.00. The Morgan fingerprint density at radius 3 is 2.47 bits per heavy atom. The highest BCUT2D eigenvalue weighted by Gasteiger charge is 2.33. The first-order valence-corrected chi connectivity index (χ1v) is 11.7. The largest absolute Gasteiger partial charge is 0.487 e. The van der Waals surface area contributed by atoms with E-state index in [1.807, 2.05) is 25.1 Å². The van der Waals surface area contributed by atoms with Crippen molar-refractivity contribution in [3.63, 3.8) is 0 Å². The molecule has 3 rings (SSSR count). The molecule has 30 heavy (non-hydrogen) atoms. The van der Waals surface area contributed by atoms with Crippen molar-refractivity contribution in [3.05, 3.63) is 59.7 Å². The lowest BCUT2D eigenvalue weighted by atomic mass is 9.90. The molecule has 0 radical (unpaired) electrons. The lowest BCUT2D eigenvalue weighted by Crippen LogP contribution is -2.45. The number of fused-ring (bicyclic) bond motifs is 1. The number of nitrogens with zero attached hydrogens (tertiary/aromatic N) is 1. The van der Waals surface area contributed by atoms with E-state index in [2.05, 4.69) is 30.5 Å². The van der Waals surface area contributed by atoms with Gasteiger partial charge < -0.3 is 15.4 Å². The maximum atomic E-state index is 11.6. The van der Waals surface area contributed by atoms with E-state index in [9.17, 15) is 8.42 Å². The van der Waals surface area contributed by atoms with Crippen LogP contribution in [0.1, 0.15) is 44.4 Å². The van der Waals surface area contributed by atoms with Crippen LogP contribution in [0.15, 0.2) is 58.4 Å². The van der Waals surface area contributed by atoms with Crippen LogP contribution in [0, 0.1) is 0 Å². The van der Waals surface area contributed by atoms with Crippen molar-refractivity contribution in [2.45, 2.75) is 50.3 Å². The SMILES string of the molecule is CCNC(=NCc1ccc(S(C)(=O)=O)cc1)NC1CC(C)(C)Oc2ccccc21.I. The minimum atomic E-state index is -3.19. The maximum absolute atomic E-state index is 11.6. The molecule has 2 aromatic rings. The lowest BCUT2D eigenvalue weighted by Gasteiger charge is -2.38. The number of sulfone groups is 1. The van der Waals surface area contributed by atoms with Gasteiger partial charge in [-0.2, -0.15) is 0 Å². The molecule has 1 aliphatic rings. The Balaban J connectivity index is 0.00000320. The quantitative estimate of drug-likeness (QED) is 0.338. The average molecular weight is 543 g/mol. The number of aliphatic imine (C=N–C) groups is 1. The van der Waals surface area contributed by atoms with Gasteiger partial charge in [0.25, 0.3) is 0 Å². The standard InChI is InChI=1S/C22H29N3O3S.HI/c1-5-23-21(24-15-16-10-12-17(13-11-16)29(4,26)27)25-19-14-22(2,3)28-20-9-7-6-8-18(19)20;/h6-13,19H,5,14-15H2,1-4H3,(H2,23,24,25);1H. The molecule has 6 nitrogen and oxygen atoms in total. The van der Waals surface area contributed by atoms with Gasteiger partial charge in [0.05, 0.1) is 17.5 Å². The summed E-state index contributed by atoms with van der Waals surface area (Å²) in [7, 11) is -3.19. The van der Waals surface area contributed by atoms with Crippen molar-refractivity contribution in [1.29, 1.82) is 0 Å². The summed E-state index contributed by atoms with van der Waals surface area (Å²) in [4.78, 5) is 5.01. The van der Waals surface area contributed by atoms with E-state index in [1.165, 1.54) is 6.26 Å². The van der Waals surface area contributed by atoms with E-state index in [0.717, 1.165) is 35.8 Å². The number of ether oxygens (including phenoxy) is 1. The monoisotopic (exact) mass is 543 g/mol. The van der Waals surface area contributed by atoms with E-state index in [4.69, 9.17) is 9.73 Å². The van der Waals surface area contributed by atoms with Gasteiger partial charge in [0.15, 0.2) is 15.8 Å². The zero-order chi connectivity index (χ0) is 21.1. The smallest absolute Gasteiger partial charge is 0.192 e. The van der Waals surface area contributed by atoms with Crippen LogP contribution in [-0.2, 0) is 16.4 Å². The topological polar surface area (TPSA) is 79.8 Å². The van der Waals surface area contributed by atoms with E-state index in [1.54, 1.807) is 24.3 Å². The zero-order valence-corrected chi connectivity index (χ0v) is 21.0. The van der Waals surface area contributed by atoms with Gasteiger partial charge in [-0.3, -0.25) is 0 Å². The normalized spacial score (nSPS) is 17.9. The number of rotatable bonds is 5. The van der Waals surface area contributed by atoms with Gasteiger partial charge in [0.1, 0.15) is 11.4 Å². The maximum Gasteiger partial charge on any atom is 0.192 e. The fourth-order valence-electron chi connectivity index (χ4n) is 3.43. The summed E-state index contributed by atoms with van der Waals surface area (Å²) >= 11 is 0. The Morgan fingerprint density at radius 2 is 1.83 bits per heavy atom. The minimum absolute atomic E-state index is 0. The second-order valence-electron chi connectivity index (χ2n) is 7.91. The summed E-state index contributed by atoms with van der Waals surface area (Å²) in [5.41, 5.74) is 1.79. The van der Waals surface area contributed by atoms with Gasteiger partial charge in [-0.1, -0.05) is 30.3 Å². The average Bonchev–Trinajstić information content (AvgIpc) is 2.65. The number of halogens is 1. The third-order valence-corrected chi connectivity index (χ3v) is 5.93. The Morgan fingerprint density at radius 1 is 1.17 bits per heavy atom. The first-order valence-electron chi connectivity index (χ1n) is 9.80. The molecule has 0 saturated heterocycles. The Hall–Kier alpha value is -1.81. The van der Waals surface area contributed by atoms with E-state index in [-0.39, 0.29) is 35.6 Å². The summed E-state index contributed by atoms with van der Waals surface area (Å²) in [5, 5.41) is 6.83. The van der Waals surface area contributed by atoms with Crippen molar-refractivity contribution in [2.75, 3.05) is 12.8 Å². The van der Waals surface area contributed by atoms with Crippen molar-refractivity contribution in [2.24, 2.45) is 4.99 Å². The molecule has 1 unspecified atom stereocenters. The van der Waals surface area contributed by atoms with Gasteiger partial charge in [0, 0.05) is 24.8 Å². The first-order chi connectivity index (χ1) is 13.7. The van der Waals surface area contributed by atoms with Gasteiger partial charge in [0.2, 0.25) is 0 Å². The molecule has 0 saturated carbocycles. The molecule has 0 spiro atoms. The highest BCUT2D eigenvalue weighted by Crippen LogP contribution is 2.39. The fourth-order valence-corrected chi connectivity index (χ4v) is 4.06. The molecule has 2 aromatic carbocycles. The number of hydrogen-bond acceptors (Lipinski definition) is 4. The number of nitrogens with one attached hydrogen (secondary N) is 2. The molecule has 2 N–H and O–H groups in total. The van der Waals surface area contributed by atoms with Gasteiger partial charge in [-0.25, -0.2) is 13.4 Å². The van der Waals surface area contributed by atoms with Crippen LogP contribution in [0.25, 0.3) is 0 Å². The van der Waals surface area contributed by atoms with Gasteiger partial charge in [-0.15, -0.1) is 24.0 Å². The summed E-state index contributed by atoms with van der Waals surface area (Å²) in [6.07, 6.45) is 2.03. The lowest BCUT2D eigenvalue weighted by molar-refractivity contribution is 0.0694. The van der Waals surface area contributed by atoms with Crippen LogP contribution in [0.5, 0.6) is 5.75 Å². The number of para-hydroxylation sites is 1. The van der Waals surface area contributed by atoms with Gasteiger partial charge >= 0.3 is 0 Å². The molecule has 0 bridgehead atoms. The molecular formula is C22H30IN3O3S. The van der Waals surface area contributed by atoms with Crippen molar-refractivity contribution in [3.8, 4) is 5.75 Å². The summed E-state index contributed by atoms with van der Waals surface area (Å²) in [5.74, 6) is 1.62. The summed E-state index contributed by atoms with van der Waals surface area (Å²) in [6.45, 7) is 7.40. The van der Waals surface area contributed by atoms with Crippen LogP contribution in [0.3, 0.4) is 0 Å². The minimum Gasteiger partial charge on any atom is -0.487 e. The Bertz CT molecular complexity index is 989. The number of hydrogen-bond donors (Lipinski definition) is 2. The van der Waals surface area contributed by atoms with Crippen LogP contribution >= 0.6 is 24.0 Å². The third kappa shape index (κ3) is 6.34. The molecule has 0 amide bonds. The zero-order valence-electron chi connectivity index (χ0n) is 17.8. The first kappa shape index (κ1) is 24.5. The molecule has 0 aromatic heterocycles. The van der Waals surface area contributed by atoms with Crippen LogP contribution in [-0.4, -0.2) is 32.8 Å². The number of benzene rings is 2. The third-order valence-electron chi connectivity index (χ3n) is 4.80. The summed E-state index contributed by atoms with van der Waals surface area (Å²) in [6, 6.07) is 15.0. The summed E-state index contributed by atoms with van der Waals surface area (Å²) < 4.78 is 29.3. The van der Waals surface area contributed by atoms with Crippen LogP contribution in [0.2, 0.25) is 0 Å². The Labute approximate surface area is 196 Å². The van der Waals surface area contributed by atoms with Crippen molar-refractivity contribution < 1.29 is 13.2 Å². The molecule has 0 fully saturated rings. The highest BCUT2D eigenvalue weighted by atomic mass is 127. The second-order valence-corrected chi connectivity index (χ2v) is 9.93. The molecule has 1 aliphatic heterocycles.